The molecule has 0 aliphatic heterocycles. The zero-order valence-electron chi connectivity index (χ0n) is 5.49. The minimum atomic E-state index is -0.302. The van der Waals surface area contributed by atoms with Crippen LogP contribution in [0, 0.1) is 6.10 Å². The van der Waals surface area contributed by atoms with Crippen molar-refractivity contribution >= 4 is 0 Å². The van der Waals surface area contributed by atoms with Gasteiger partial charge < -0.3 is 10.2 Å². The first-order valence-corrected chi connectivity index (χ1v) is 3.05. The van der Waals surface area contributed by atoms with Gasteiger partial charge >= 0.3 is 0 Å². The van der Waals surface area contributed by atoms with Crippen LogP contribution in [0.3, 0.4) is 0 Å². The third kappa shape index (κ3) is 1.56. The Labute approximate surface area is 59.7 Å². The van der Waals surface area contributed by atoms with Gasteiger partial charge in [-0.2, -0.15) is 0 Å². The summed E-state index contributed by atoms with van der Waals surface area (Å²) in [5, 5.41) is 17.5. The summed E-state index contributed by atoms with van der Waals surface area (Å²) in [6, 6.07) is 8.95. The van der Waals surface area contributed by atoms with Crippen LogP contribution < -0.4 is 0 Å². The summed E-state index contributed by atoms with van der Waals surface area (Å²) < 4.78 is 0. The second-order valence-electron chi connectivity index (χ2n) is 1.97. The van der Waals surface area contributed by atoms with E-state index >= 15 is 0 Å². The maximum Gasteiger partial charge on any atom is 0.147 e. The van der Waals surface area contributed by atoms with Crippen LogP contribution in [0.4, 0.5) is 0 Å². The molecule has 2 heteroatoms. The molecule has 0 saturated carbocycles. The van der Waals surface area contributed by atoms with Gasteiger partial charge in [0.05, 0.1) is 6.61 Å². The van der Waals surface area contributed by atoms with Gasteiger partial charge in [0.15, 0.2) is 0 Å². The lowest BCUT2D eigenvalue weighted by atomic mass is 10.1. The number of benzene rings is 1. The fourth-order valence-corrected chi connectivity index (χ4v) is 0.722. The largest absolute Gasteiger partial charge is 0.393 e. The van der Waals surface area contributed by atoms with Crippen molar-refractivity contribution in [2.45, 2.75) is 0 Å². The molecule has 0 amide bonds. The standard InChI is InChI=1S/C8H9O2/c9-6-8(10)7-4-2-1-3-5-7/h1-5,9-10H,6H2. The van der Waals surface area contributed by atoms with E-state index in [0.717, 1.165) is 0 Å². The van der Waals surface area contributed by atoms with Crippen LogP contribution >= 0.6 is 0 Å². The molecule has 1 aromatic rings. The van der Waals surface area contributed by atoms with Crippen LogP contribution in [0.5, 0.6) is 0 Å². The molecule has 0 aromatic heterocycles. The first-order valence-electron chi connectivity index (χ1n) is 3.05. The number of hydrogen-bond donors (Lipinski definition) is 2. The summed E-state index contributed by atoms with van der Waals surface area (Å²) in [4.78, 5) is 0. The SMILES string of the molecule is OC[C](O)c1ccccc1. The molecule has 0 heterocycles. The Morgan fingerprint density at radius 1 is 1.20 bits per heavy atom. The van der Waals surface area contributed by atoms with E-state index in [1.54, 1.807) is 24.3 Å². The fourth-order valence-electron chi connectivity index (χ4n) is 0.722. The van der Waals surface area contributed by atoms with Gasteiger partial charge in [0, 0.05) is 0 Å². The van der Waals surface area contributed by atoms with Crippen LogP contribution in [0.2, 0.25) is 0 Å². The lowest BCUT2D eigenvalue weighted by Crippen LogP contribution is -2.02. The van der Waals surface area contributed by atoms with Gasteiger partial charge in [-0.25, -0.2) is 0 Å². The minimum Gasteiger partial charge on any atom is -0.393 e. The third-order valence-corrected chi connectivity index (χ3v) is 1.26. The van der Waals surface area contributed by atoms with E-state index in [1.165, 1.54) is 0 Å². The van der Waals surface area contributed by atoms with Crippen LogP contribution in [0.15, 0.2) is 30.3 Å². The van der Waals surface area contributed by atoms with E-state index in [0.29, 0.717) is 5.56 Å². The molecule has 0 aliphatic carbocycles. The summed E-state index contributed by atoms with van der Waals surface area (Å²) >= 11 is 0. The van der Waals surface area contributed by atoms with E-state index in [-0.39, 0.29) is 12.7 Å². The highest BCUT2D eigenvalue weighted by atomic mass is 16.3. The molecule has 2 N–H and O–H groups in total. The first-order chi connectivity index (χ1) is 4.84. The van der Waals surface area contributed by atoms with Gasteiger partial charge in [-0.05, 0) is 5.56 Å². The molecule has 0 fully saturated rings. The van der Waals surface area contributed by atoms with Crippen LogP contribution in [-0.2, 0) is 0 Å². The quantitative estimate of drug-likeness (QED) is 0.636. The molecule has 0 spiro atoms. The highest BCUT2D eigenvalue weighted by molar-refractivity contribution is 5.25. The molecule has 1 radical (unpaired) electrons. The second kappa shape index (κ2) is 3.34. The van der Waals surface area contributed by atoms with Gasteiger partial charge in [-0.1, -0.05) is 30.3 Å². The van der Waals surface area contributed by atoms with Crippen molar-refractivity contribution in [3.05, 3.63) is 42.0 Å². The van der Waals surface area contributed by atoms with Crippen molar-refractivity contribution in [3.63, 3.8) is 0 Å². The molecule has 0 bridgehead atoms. The van der Waals surface area contributed by atoms with Crippen LogP contribution in [-0.4, -0.2) is 16.8 Å². The predicted molar refractivity (Wildman–Crippen MR) is 37.8 cm³/mol. The zero-order chi connectivity index (χ0) is 7.40. The number of aliphatic hydroxyl groups excluding tert-OH is 2. The Kier molecular flexibility index (Phi) is 2.42. The Balaban J connectivity index is 2.75. The summed E-state index contributed by atoms with van der Waals surface area (Å²) in [5.41, 5.74) is 0.671. The molecule has 10 heavy (non-hydrogen) atoms. The van der Waals surface area contributed by atoms with Crippen molar-refractivity contribution in [1.29, 1.82) is 0 Å². The van der Waals surface area contributed by atoms with Crippen LogP contribution in [0.25, 0.3) is 0 Å². The molecule has 1 aromatic carbocycles. The van der Waals surface area contributed by atoms with E-state index in [2.05, 4.69) is 0 Å². The monoisotopic (exact) mass is 137 g/mol. The van der Waals surface area contributed by atoms with E-state index in [4.69, 9.17) is 10.2 Å². The van der Waals surface area contributed by atoms with E-state index in [9.17, 15) is 0 Å². The van der Waals surface area contributed by atoms with E-state index in [1.807, 2.05) is 6.07 Å². The van der Waals surface area contributed by atoms with Gasteiger partial charge in [-0.15, -0.1) is 0 Å². The fraction of sp³-hybridized carbons (Fsp3) is 0.125. The molecule has 0 unspecified atom stereocenters. The van der Waals surface area contributed by atoms with Crippen LogP contribution in [0.1, 0.15) is 5.56 Å². The summed E-state index contributed by atoms with van der Waals surface area (Å²) in [6.07, 6.45) is 0.0144. The summed E-state index contributed by atoms with van der Waals surface area (Å²) in [6.45, 7) is -0.302. The molecule has 53 valence electrons. The molecule has 0 saturated heterocycles. The Hall–Kier alpha value is -0.860. The third-order valence-electron chi connectivity index (χ3n) is 1.26. The highest BCUT2D eigenvalue weighted by Crippen LogP contribution is 2.08. The van der Waals surface area contributed by atoms with Gasteiger partial charge in [-0.3, -0.25) is 0 Å². The van der Waals surface area contributed by atoms with Crippen molar-refractivity contribution in [1.82, 2.24) is 0 Å². The average Bonchev–Trinajstić information content (AvgIpc) is 2.05. The lowest BCUT2D eigenvalue weighted by Gasteiger charge is -2.03. The maximum atomic E-state index is 9.00. The van der Waals surface area contributed by atoms with E-state index < -0.39 is 0 Å². The molecule has 0 atom stereocenters. The summed E-state index contributed by atoms with van der Waals surface area (Å²) in [5.74, 6) is 0. The number of hydrogen-bond acceptors (Lipinski definition) is 2. The number of aliphatic hydroxyl groups is 2. The topological polar surface area (TPSA) is 40.5 Å². The number of rotatable bonds is 2. The first kappa shape index (κ1) is 7.25. The molecule has 2 nitrogen and oxygen atoms in total. The molecular weight excluding hydrogens is 128 g/mol. The van der Waals surface area contributed by atoms with Crippen molar-refractivity contribution in [2.24, 2.45) is 0 Å². The molecular formula is C8H9O2. The highest BCUT2D eigenvalue weighted by Gasteiger charge is 2.03. The van der Waals surface area contributed by atoms with Crippen molar-refractivity contribution in [3.8, 4) is 0 Å². The smallest absolute Gasteiger partial charge is 0.147 e. The van der Waals surface area contributed by atoms with Crippen molar-refractivity contribution < 1.29 is 10.2 Å². The van der Waals surface area contributed by atoms with Crippen molar-refractivity contribution in [2.75, 3.05) is 6.61 Å². The van der Waals surface area contributed by atoms with Gasteiger partial charge in [0.1, 0.15) is 6.10 Å². The lowest BCUT2D eigenvalue weighted by molar-refractivity contribution is 0.205. The Morgan fingerprint density at radius 2 is 1.80 bits per heavy atom. The Bertz CT molecular complexity index is 184. The van der Waals surface area contributed by atoms with Gasteiger partial charge in [0.2, 0.25) is 0 Å². The minimum absolute atomic E-state index is 0.0144. The average molecular weight is 137 g/mol. The summed E-state index contributed by atoms with van der Waals surface area (Å²) in [7, 11) is 0. The second-order valence-corrected chi connectivity index (χ2v) is 1.97. The Morgan fingerprint density at radius 3 is 2.30 bits per heavy atom. The molecule has 0 aliphatic rings. The van der Waals surface area contributed by atoms with Gasteiger partial charge in [0.25, 0.3) is 0 Å². The zero-order valence-corrected chi connectivity index (χ0v) is 5.49. The normalized spacial score (nSPS) is 10.3. The maximum absolute atomic E-state index is 9.00. The molecule has 1 rings (SSSR count). The predicted octanol–water partition coefficient (Wildman–Crippen LogP) is 0.931.